The van der Waals surface area contributed by atoms with Crippen LogP contribution in [0, 0.1) is 11.3 Å². The molecule has 1 aromatic carbocycles. The minimum absolute atomic E-state index is 0.302. The summed E-state index contributed by atoms with van der Waals surface area (Å²) in [5, 5.41) is 3.69. The van der Waals surface area contributed by atoms with Gasteiger partial charge in [0.05, 0.1) is 19.8 Å². The Morgan fingerprint density at radius 1 is 1.25 bits per heavy atom. The molecule has 1 aromatic rings. The Balaban J connectivity index is 2.37. The minimum Gasteiger partial charge on any atom is -0.496 e. The molecule has 112 valence electrons. The van der Waals surface area contributed by atoms with Crippen molar-refractivity contribution in [2.75, 3.05) is 20.8 Å². The van der Waals surface area contributed by atoms with E-state index in [4.69, 9.17) is 9.47 Å². The van der Waals surface area contributed by atoms with Crippen LogP contribution in [-0.4, -0.2) is 20.8 Å². The third kappa shape index (κ3) is 2.93. The number of rotatable bonds is 7. The number of nitrogens with one attached hydrogen (secondary N) is 1. The van der Waals surface area contributed by atoms with Gasteiger partial charge in [0.25, 0.3) is 0 Å². The lowest BCUT2D eigenvalue weighted by Crippen LogP contribution is -2.26. The largest absolute Gasteiger partial charge is 0.496 e. The first-order valence-electron chi connectivity index (χ1n) is 7.49. The molecule has 1 aliphatic carbocycles. The summed E-state index contributed by atoms with van der Waals surface area (Å²) in [5.74, 6) is 2.47. The Morgan fingerprint density at radius 2 is 1.80 bits per heavy atom. The van der Waals surface area contributed by atoms with Crippen LogP contribution < -0.4 is 14.8 Å². The van der Waals surface area contributed by atoms with Gasteiger partial charge in [-0.25, -0.2) is 0 Å². The molecule has 0 amide bonds. The van der Waals surface area contributed by atoms with Crippen molar-refractivity contribution in [1.82, 2.24) is 5.32 Å². The van der Waals surface area contributed by atoms with E-state index >= 15 is 0 Å². The molecule has 0 aliphatic heterocycles. The van der Waals surface area contributed by atoms with Crippen molar-refractivity contribution in [1.29, 1.82) is 0 Å². The number of benzene rings is 1. The molecule has 2 rings (SSSR count). The van der Waals surface area contributed by atoms with Gasteiger partial charge in [0.1, 0.15) is 11.5 Å². The van der Waals surface area contributed by atoms with E-state index in [1.807, 2.05) is 18.2 Å². The molecule has 0 aromatic heterocycles. The van der Waals surface area contributed by atoms with Crippen molar-refractivity contribution in [3.8, 4) is 11.5 Å². The smallest absolute Gasteiger partial charge is 0.127 e. The molecule has 1 aliphatic rings. The molecule has 3 heteroatoms. The van der Waals surface area contributed by atoms with E-state index < -0.39 is 0 Å². The second kappa shape index (κ2) is 6.04. The maximum absolute atomic E-state index is 5.57. The van der Waals surface area contributed by atoms with Crippen molar-refractivity contribution in [2.24, 2.45) is 11.3 Å². The van der Waals surface area contributed by atoms with Gasteiger partial charge in [0, 0.05) is 6.04 Å². The number of methoxy groups -OCH3 is 2. The summed E-state index contributed by atoms with van der Waals surface area (Å²) in [6, 6.07) is 6.33. The molecular weight excluding hydrogens is 250 g/mol. The summed E-state index contributed by atoms with van der Waals surface area (Å²) < 4.78 is 11.1. The molecule has 0 bridgehead atoms. The van der Waals surface area contributed by atoms with Gasteiger partial charge in [-0.2, -0.15) is 0 Å². The lowest BCUT2D eigenvalue weighted by atomic mass is 9.95. The number of hydrogen-bond acceptors (Lipinski definition) is 3. The number of ether oxygens (including phenoxy) is 2. The lowest BCUT2D eigenvalue weighted by molar-refractivity contribution is 0.348. The molecule has 2 unspecified atom stereocenters. The predicted octanol–water partition coefficient (Wildman–Crippen LogP) is 3.79. The first-order valence-corrected chi connectivity index (χ1v) is 7.49. The summed E-state index contributed by atoms with van der Waals surface area (Å²) in [6.45, 7) is 7.88. The van der Waals surface area contributed by atoms with E-state index in [0.29, 0.717) is 17.4 Å². The van der Waals surface area contributed by atoms with E-state index in [9.17, 15) is 0 Å². The van der Waals surface area contributed by atoms with Gasteiger partial charge in [0.2, 0.25) is 0 Å². The fourth-order valence-electron chi connectivity index (χ4n) is 3.01. The van der Waals surface area contributed by atoms with Crippen LogP contribution in [0.5, 0.6) is 11.5 Å². The van der Waals surface area contributed by atoms with Crippen molar-refractivity contribution in [3.05, 3.63) is 23.8 Å². The van der Waals surface area contributed by atoms with Crippen molar-refractivity contribution in [3.63, 3.8) is 0 Å². The third-order valence-electron chi connectivity index (χ3n) is 4.38. The Bertz CT molecular complexity index is 434. The van der Waals surface area contributed by atoms with Crippen LogP contribution in [0.25, 0.3) is 0 Å². The fraction of sp³-hybridized carbons (Fsp3) is 0.647. The molecule has 20 heavy (non-hydrogen) atoms. The third-order valence-corrected chi connectivity index (χ3v) is 4.38. The molecule has 2 atom stereocenters. The van der Waals surface area contributed by atoms with Gasteiger partial charge >= 0.3 is 0 Å². The van der Waals surface area contributed by atoms with Crippen LogP contribution in [0.4, 0.5) is 0 Å². The summed E-state index contributed by atoms with van der Waals surface area (Å²) >= 11 is 0. The van der Waals surface area contributed by atoms with Gasteiger partial charge in [-0.3, -0.25) is 0 Å². The SMILES string of the molecule is CCCNC(c1c(OC)cccc1OC)C1CC1(C)C. The zero-order valence-electron chi connectivity index (χ0n) is 13.3. The van der Waals surface area contributed by atoms with Crippen LogP contribution in [0.2, 0.25) is 0 Å². The molecule has 0 radical (unpaired) electrons. The fourth-order valence-corrected chi connectivity index (χ4v) is 3.01. The highest BCUT2D eigenvalue weighted by molar-refractivity contribution is 5.48. The van der Waals surface area contributed by atoms with Gasteiger partial charge in [-0.1, -0.05) is 26.8 Å². The van der Waals surface area contributed by atoms with Crippen molar-refractivity contribution < 1.29 is 9.47 Å². The minimum atomic E-state index is 0.302. The van der Waals surface area contributed by atoms with Gasteiger partial charge < -0.3 is 14.8 Å². The van der Waals surface area contributed by atoms with Crippen LogP contribution in [0.3, 0.4) is 0 Å². The van der Waals surface area contributed by atoms with Gasteiger partial charge in [-0.05, 0) is 42.9 Å². The van der Waals surface area contributed by atoms with Crippen molar-refractivity contribution in [2.45, 2.75) is 39.7 Å². The summed E-state index contributed by atoms with van der Waals surface area (Å²) in [7, 11) is 3.46. The Hall–Kier alpha value is -1.22. The van der Waals surface area contributed by atoms with E-state index in [2.05, 4.69) is 26.1 Å². The lowest BCUT2D eigenvalue weighted by Gasteiger charge is -2.24. The molecule has 1 saturated carbocycles. The quantitative estimate of drug-likeness (QED) is 0.822. The zero-order chi connectivity index (χ0) is 14.8. The molecule has 0 heterocycles. The first kappa shape index (κ1) is 15.2. The highest BCUT2D eigenvalue weighted by Gasteiger charge is 2.51. The highest BCUT2D eigenvalue weighted by Crippen LogP contribution is 2.59. The van der Waals surface area contributed by atoms with E-state index in [1.165, 1.54) is 12.0 Å². The molecular formula is C17H27NO2. The van der Waals surface area contributed by atoms with Crippen LogP contribution >= 0.6 is 0 Å². The monoisotopic (exact) mass is 277 g/mol. The number of hydrogen-bond donors (Lipinski definition) is 1. The van der Waals surface area contributed by atoms with Crippen LogP contribution in [0.15, 0.2) is 18.2 Å². The van der Waals surface area contributed by atoms with E-state index in [0.717, 1.165) is 24.5 Å². The van der Waals surface area contributed by atoms with Crippen LogP contribution in [-0.2, 0) is 0 Å². The maximum Gasteiger partial charge on any atom is 0.127 e. The molecule has 1 N–H and O–H groups in total. The van der Waals surface area contributed by atoms with Gasteiger partial charge in [-0.15, -0.1) is 0 Å². The Labute approximate surface area is 122 Å². The molecule has 0 spiro atoms. The Kier molecular flexibility index (Phi) is 4.59. The predicted molar refractivity (Wildman–Crippen MR) is 82.5 cm³/mol. The second-order valence-electron chi connectivity index (χ2n) is 6.31. The topological polar surface area (TPSA) is 30.5 Å². The van der Waals surface area contributed by atoms with E-state index in [1.54, 1.807) is 14.2 Å². The standard InChI is InChI=1S/C17H27NO2/c1-6-10-18-16(12-11-17(12,2)3)15-13(19-4)8-7-9-14(15)20-5/h7-9,12,16,18H,6,10-11H2,1-5H3. The van der Waals surface area contributed by atoms with E-state index in [-0.39, 0.29) is 0 Å². The second-order valence-corrected chi connectivity index (χ2v) is 6.31. The molecule has 1 fully saturated rings. The van der Waals surface area contributed by atoms with Crippen LogP contribution in [0.1, 0.15) is 45.2 Å². The summed E-state index contributed by atoms with van der Waals surface area (Å²) in [6.07, 6.45) is 2.37. The molecule has 3 nitrogen and oxygen atoms in total. The normalized spacial score (nSPS) is 21.4. The summed E-state index contributed by atoms with van der Waals surface area (Å²) in [5.41, 5.74) is 1.57. The summed E-state index contributed by atoms with van der Waals surface area (Å²) in [4.78, 5) is 0. The zero-order valence-corrected chi connectivity index (χ0v) is 13.3. The highest BCUT2D eigenvalue weighted by atomic mass is 16.5. The van der Waals surface area contributed by atoms with Crippen molar-refractivity contribution >= 4 is 0 Å². The average Bonchev–Trinajstić information content (AvgIpc) is 3.07. The maximum atomic E-state index is 5.57. The Morgan fingerprint density at radius 3 is 2.20 bits per heavy atom. The average molecular weight is 277 g/mol. The van der Waals surface area contributed by atoms with Gasteiger partial charge in [0.15, 0.2) is 0 Å². The first-order chi connectivity index (χ1) is 9.55. The molecule has 0 saturated heterocycles.